The van der Waals surface area contributed by atoms with E-state index in [1.54, 1.807) is 36.5 Å². The number of carbonyl (C=O) groups excluding carboxylic acids is 1. The van der Waals surface area contributed by atoms with E-state index in [9.17, 15) is 9.59 Å². The molecule has 2 fully saturated rings. The highest BCUT2D eigenvalue weighted by atomic mass is 28.4. The minimum absolute atomic E-state index is 0.0267. The Morgan fingerprint density at radius 3 is 2.52 bits per heavy atom. The van der Waals surface area contributed by atoms with Crippen molar-refractivity contribution in [2.45, 2.75) is 77.0 Å². The van der Waals surface area contributed by atoms with Gasteiger partial charge in [-0.25, -0.2) is 9.18 Å². The molecule has 6 nitrogen and oxygen atoms in total. The molecule has 0 aliphatic heterocycles. The van der Waals surface area contributed by atoms with Crippen molar-refractivity contribution in [1.29, 1.82) is 0 Å². The smallest absolute Gasteiger partial charge is 0.349 e. The lowest BCUT2D eigenvalue weighted by Crippen LogP contribution is -2.49. The van der Waals surface area contributed by atoms with Gasteiger partial charge in [-0.05, 0) is 55.1 Å². The third-order valence-electron chi connectivity index (χ3n) is 8.09. The second kappa shape index (κ2) is 8.16. The van der Waals surface area contributed by atoms with Gasteiger partial charge < -0.3 is 9.74 Å². The van der Waals surface area contributed by atoms with E-state index in [0.29, 0.717) is 5.56 Å². The average Bonchev–Trinajstić information content (AvgIpc) is 3.43. The fourth-order valence-electron chi connectivity index (χ4n) is 4.98. The molecule has 2 aromatic rings. The van der Waals surface area contributed by atoms with Crippen LogP contribution < -0.4 is 11.0 Å². The van der Waals surface area contributed by atoms with Crippen LogP contribution in [-0.4, -0.2) is 36.1 Å². The van der Waals surface area contributed by atoms with E-state index in [2.05, 4.69) is 51.1 Å². The van der Waals surface area contributed by atoms with Gasteiger partial charge in [-0.2, -0.15) is 4.98 Å². The Morgan fingerprint density at radius 1 is 1.27 bits per heavy atom. The van der Waals surface area contributed by atoms with Crippen LogP contribution in [0.2, 0.25) is 18.1 Å². The first-order chi connectivity index (χ1) is 15.4. The molecule has 0 radical (unpaired) electrons. The maximum atomic E-state index is 15.9. The number of halogens is 1. The van der Waals surface area contributed by atoms with Crippen LogP contribution >= 0.6 is 0 Å². The Bertz CT molecular complexity index is 1100. The Morgan fingerprint density at radius 2 is 1.94 bits per heavy atom. The zero-order chi connectivity index (χ0) is 24.2. The molecule has 1 N–H and O–H groups in total. The minimum atomic E-state index is -2.18. The molecule has 2 aliphatic carbocycles. The van der Waals surface area contributed by atoms with Gasteiger partial charge in [0.25, 0.3) is 5.91 Å². The second-order valence-electron chi connectivity index (χ2n) is 11.0. The maximum Gasteiger partial charge on any atom is 0.349 e. The first-order valence-electron chi connectivity index (χ1n) is 11.7. The summed E-state index contributed by atoms with van der Waals surface area (Å²) in [6.45, 7) is 12.8. The number of anilines is 1. The molecular formula is C25H34FN3O3Si. The highest BCUT2D eigenvalue weighted by Crippen LogP contribution is 2.71. The first-order valence-corrected chi connectivity index (χ1v) is 14.6. The molecule has 0 bridgehead atoms. The molecule has 4 rings (SSSR count). The highest BCUT2D eigenvalue weighted by molar-refractivity contribution is 6.74. The molecule has 1 aromatic carbocycles. The molecule has 1 heterocycles. The summed E-state index contributed by atoms with van der Waals surface area (Å²) in [5, 5.41) is 2.62. The lowest BCUT2D eigenvalue weighted by Gasteiger charge is -2.41. The number of nitrogens with one attached hydrogen (secondary N) is 1. The Labute approximate surface area is 195 Å². The van der Waals surface area contributed by atoms with Crippen molar-refractivity contribution in [2.75, 3.05) is 5.32 Å². The van der Waals surface area contributed by atoms with Gasteiger partial charge in [-0.15, -0.1) is 0 Å². The quantitative estimate of drug-likeness (QED) is 0.588. The zero-order valence-corrected chi connectivity index (χ0v) is 21.3. The van der Waals surface area contributed by atoms with E-state index >= 15 is 4.39 Å². The van der Waals surface area contributed by atoms with Crippen molar-refractivity contribution in [2.24, 2.45) is 11.3 Å². The number of amides is 1. The predicted octanol–water partition coefficient (Wildman–Crippen LogP) is 5.20. The van der Waals surface area contributed by atoms with Crippen LogP contribution in [-0.2, 0) is 4.43 Å². The molecule has 1 amide bonds. The van der Waals surface area contributed by atoms with E-state index < -0.39 is 32.3 Å². The molecular weight excluding hydrogens is 437 g/mol. The predicted molar refractivity (Wildman–Crippen MR) is 130 cm³/mol. The fraction of sp³-hybridized carbons (Fsp3) is 0.560. The van der Waals surface area contributed by atoms with E-state index in [4.69, 9.17) is 4.43 Å². The van der Waals surface area contributed by atoms with Gasteiger partial charge in [-0.3, -0.25) is 9.36 Å². The van der Waals surface area contributed by atoms with Crippen molar-refractivity contribution in [3.63, 3.8) is 0 Å². The van der Waals surface area contributed by atoms with Crippen LogP contribution in [0, 0.1) is 11.3 Å². The first kappa shape index (κ1) is 23.8. The van der Waals surface area contributed by atoms with Gasteiger partial charge in [0.2, 0.25) is 0 Å². The molecule has 2 saturated carbocycles. The van der Waals surface area contributed by atoms with Gasteiger partial charge in [0, 0.05) is 17.2 Å². The van der Waals surface area contributed by atoms with Gasteiger partial charge in [0.1, 0.15) is 12.0 Å². The lowest BCUT2D eigenvalue weighted by molar-refractivity contribution is 0.0379. The monoisotopic (exact) mass is 471 g/mol. The average molecular weight is 472 g/mol. The highest BCUT2D eigenvalue weighted by Gasteiger charge is 2.72. The molecule has 0 unspecified atom stereocenters. The van der Waals surface area contributed by atoms with E-state index in [1.807, 2.05) is 6.07 Å². The van der Waals surface area contributed by atoms with Crippen molar-refractivity contribution in [3.05, 3.63) is 58.6 Å². The maximum absolute atomic E-state index is 15.9. The molecule has 8 heteroatoms. The third-order valence-corrected chi connectivity index (χ3v) is 12.5. The molecule has 0 spiro atoms. The Kier molecular flexibility index (Phi) is 5.89. The van der Waals surface area contributed by atoms with Crippen LogP contribution in [0.15, 0.2) is 47.4 Å². The van der Waals surface area contributed by atoms with E-state index in [0.717, 1.165) is 12.8 Å². The molecule has 33 heavy (non-hydrogen) atoms. The standard InChI is InChI=1S/C25H34FN3O3Si/c1-7-25-15-17(25)20(19(26)21(25)32-33(5,6)24(2,3)4)29-14-13-18(28-23(29)31)27-22(30)16-11-9-8-10-12-16/h8-14,17,19-21H,7,15H2,1-6H3,(H,27,28,30,31)/t17-,19+,20-,21+,25-/m1/s1. The number of rotatable bonds is 6. The number of hydrogen-bond acceptors (Lipinski definition) is 4. The van der Waals surface area contributed by atoms with Crippen LogP contribution in [0.5, 0.6) is 0 Å². The van der Waals surface area contributed by atoms with Gasteiger partial charge in [-0.1, -0.05) is 45.9 Å². The number of aromatic nitrogens is 2. The van der Waals surface area contributed by atoms with E-state index in [1.165, 1.54) is 4.57 Å². The summed E-state index contributed by atoms with van der Waals surface area (Å²) in [6.07, 6.45) is 1.44. The Hall–Kier alpha value is -2.32. The van der Waals surface area contributed by atoms with Crippen molar-refractivity contribution >= 4 is 20.0 Å². The number of fused-ring (bicyclic) bond motifs is 1. The van der Waals surface area contributed by atoms with Crippen LogP contribution in [0.25, 0.3) is 0 Å². The molecule has 5 atom stereocenters. The second-order valence-corrected chi connectivity index (χ2v) is 15.7. The minimum Gasteiger partial charge on any atom is -0.410 e. The molecule has 2 aliphatic rings. The number of nitrogens with zero attached hydrogens (tertiary/aromatic N) is 2. The summed E-state index contributed by atoms with van der Waals surface area (Å²) in [5.74, 6) is -0.138. The largest absolute Gasteiger partial charge is 0.410 e. The summed E-state index contributed by atoms with van der Waals surface area (Å²) < 4.78 is 23.9. The van der Waals surface area contributed by atoms with E-state index in [-0.39, 0.29) is 28.1 Å². The lowest BCUT2D eigenvalue weighted by atomic mass is 9.97. The molecule has 178 valence electrons. The van der Waals surface area contributed by atoms with Gasteiger partial charge in [0.15, 0.2) is 8.32 Å². The zero-order valence-electron chi connectivity index (χ0n) is 20.3. The summed E-state index contributed by atoms with van der Waals surface area (Å²) in [7, 11) is -2.18. The van der Waals surface area contributed by atoms with Crippen molar-refractivity contribution < 1.29 is 13.6 Å². The summed E-state index contributed by atoms with van der Waals surface area (Å²) in [4.78, 5) is 29.3. The van der Waals surface area contributed by atoms with Crippen LogP contribution in [0.1, 0.15) is 56.9 Å². The molecule has 0 saturated heterocycles. The number of carbonyl (C=O) groups is 1. The SMILES string of the molecule is CC[C@@]12C[C@@H]1[C@@H](n1ccc(NC(=O)c3ccccc3)nc1=O)[C@H](F)[C@@H]2O[Si](C)(C)C(C)(C)C. The Balaban J connectivity index is 1.57. The number of hydrogen-bond donors (Lipinski definition) is 1. The van der Waals surface area contributed by atoms with Crippen LogP contribution in [0.3, 0.4) is 0 Å². The summed E-state index contributed by atoms with van der Waals surface area (Å²) >= 11 is 0. The van der Waals surface area contributed by atoms with Gasteiger partial charge in [0.05, 0.1) is 12.1 Å². The summed E-state index contributed by atoms with van der Waals surface area (Å²) in [6, 6.07) is 9.68. The number of alkyl halides is 1. The molecule has 1 aromatic heterocycles. The third kappa shape index (κ3) is 4.08. The van der Waals surface area contributed by atoms with Crippen molar-refractivity contribution in [1.82, 2.24) is 9.55 Å². The van der Waals surface area contributed by atoms with Crippen molar-refractivity contribution in [3.8, 4) is 0 Å². The van der Waals surface area contributed by atoms with Gasteiger partial charge >= 0.3 is 5.69 Å². The number of benzene rings is 1. The van der Waals surface area contributed by atoms with Crippen LogP contribution in [0.4, 0.5) is 10.2 Å². The fourth-order valence-corrected chi connectivity index (χ4v) is 6.33. The summed E-state index contributed by atoms with van der Waals surface area (Å²) in [5.41, 5.74) is -0.308. The normalized spacial score (nSPS) is 28.9. The topological polar surface area (TPSA) is 73.2 Å².